The van der Waals surface area contributed by atoms with Crippen molar-refractivity contribution in [2.24, 2.45) is 0 Å². The molecule has 0 spiro atoms. The van der Waals surface area contributed by atoms with Gasteiger partial charge in [0.05, 0.1) is 13.2 Å². The van der Waals surface area contributed by atoms with Gasteiger partial charge in [0.1, 0.15) is 12.1 Å². The van der Waals surface area contributed by atoms with Crippen molar-refractivity contribution in [1.29, 1.82) is 0 Å². The fraction of sp³-hybridized carbons (Fsp3) is 0.333. The number of nitrogens with zero attached hydrogens (tertiary/aromatic N) is 1. The maximum Gasteiger partial charge on any atom is 0.317 e. The molecule has 0 unspecified atom stereocenters. The van der Waals surface area contributed by atoms with E-state index in [9.17, 15) is 4.79 Å². The van der Waals surface area contributed by atoms with E-state index in [0.29, 0.717) is 12.3 Å². The number of ether oxygens (including phenoxy) is 1. The summed E-state index contributed by atoms with van der Waals surface area (Å²) in [5.74, 6) is 5.06. The van der Waals surface area contributed by atoms with Gasteiger partial charge in [-0.3, -0.25) is 4.79 Å². The Morgan fingerprint density at radius 2 is 2.44 bits per heavy atom. The lowest BCUT2D eigenvalue weighted by Gasteiger charge is -1.96. The number of esters is 1. The fourth-order valence-corrected chi connectivity index (χ4v) is 1.06. The molecule has 0 aliphatic rings. The van der Waals surface area contributed by atoms with Gasteiger partial charge in [0, 0.05) is 6.20 Å². The molecule has 4 nitrogen and oxygen atoms in total. The number of hydrogen-bond acceptors (Lipinski definition) is 4. The predicted molar refractivity (Wildman–Crippen MR) is 58.3 cm³/mol. The van der Waals surface area contributed by atoms with Crippen molar-refractivity contribution in [1.82, 2.24) is 4.98 Å². The van der Waals surface area contributed by atoms with Gasteiger partial charge in [0.15, 0.2) is 0 Å². The van der Waals surface area contributed by atoms with Crippen LogP contribution in [0.1, 0.15) is 24.6 Å². The minimum Gasteiger partial charge on any atom is -0.465 e. The van der Waals surface area contributed by atoms with Crippen LogP contribution in [0, 0.1) is 11.8 Å². The van der Waals surface area contributed by atoms with Crippen molar-refractivity contribution < 1.29 is 14.6 Å². The van der Waals surface area contributed by atoms with Gasteiger partial charge in [-0.2, -0.15) is 0 Å². The Bertz CT molecular complexity index is 418. The Kier molecular flexibility index (Phi) is 5.03. The van der Waals surface area contributed by atoms with Crippen molar-refractivity contribution in [2.75, 3.05) is 6.61 Å². The van der Waals surface area contributed by atoms with Crippen molar-refractivity contribution in [3.63, 3.8) is 0 Å². The highest BCUT2D eigenvalue weighted by Crippen LogP contribution is 2.00. The van der Waals surface area contributed by atoms with Gasteiger partial charge >= 0.3 is 5.97 Å². The monoisotopic (exact) mass is 219 g/mol. The van der Waals surface area contributed by atoms with Gasteiger partial charge in [0.2, 0.25) is 0 Å². The summed E-state index contributed by atoms with van der Waals surface area (Å²) in [4.78, 5) is 15.0. The number of aliphatic hydroxyl groups excluding tert-OH is 1. The molecule has 1 rings (SSSR count). The molecule has 0 amide bonds. The first kappa shape index (κ1) is 12.2. The predicted octanol–water partition coefficient (Wildman–Crippen LogP) is 0.879. The third kappa shape index (κ3) is 4.11. The summed E-state index contributed by atoms with van der Waals surface area (Å²) in [5.41, 5.74) is 1.28. The van der Waals surface area contributed by atoms with E-state index >= 15 is 0 Å². The lowest BCUT2D eigenvalue weighted by atomic mass is 10.2. The summed E-state index contributed by atoms with van der Waals surface area (Å²) in [7, 11) is 0. The number of carbonyl (C=O) groups is 1. The number of carbonyl (C=O) groups excluding carboxylic acids is 1. The van der Waals surface area contributed by atoms with E-state index in [1.807, 2.05) is 0 Å². The smallest absolute Gasteiger partial charge is 0.317 e. The number of rotatable bonds is 3. The molecule has 0 aromatic carbocycles. The van der Waals surface area contributed by atoms with Crippen LogP contribution in [0.2, 0.25) is 0 Å². The van der Waals surface area contributed by atoms with Crippen LogP contribution in [0.15, 0.2) is 18.3 Å². The lowest BCUT2D eigenvalue weighted by molar-refractivity contribution is -0.141. The number of aromatic nitrogens is 1. The summed E-state index contributed by atoms with van der Waals surface area (Å²) in [6.07, 6.45) is 1.62. The Balaban J connectivity index is 2.59. The Morgan fingerprint density at radius 1 is 1.62 bits per heavy atom. The molecular weight excluding hydrogens is 206 g/mol. The molecule has 0 radical (unpaired) electrons. The topological polar surface area (TPSA) is 59.4 Å². The summed E-state index contributed by atoms with van der Waals surface area (Å²) >= 11 is 0. The van der Waals surface area contributed by atoms with Crippen LogP contribution in [0.25, 0.3) is 0 Å². The highest BCUT2D eigenvalue weighted by molar-refractivity contribution is 5.72. The van der Waals surface area contributed by atoms with Gasteiger partial charge < -0.3 is 9.84 Å². The number of hydrogen-bond donors (Lipinski definition) is 1. The standard InChI is InChI=1S/C12H13NO3/c1-2-16-12(15)5-3-4-11-8-10(9-14)6-7-13-11/h6-8,14H,2,5,9H2,1H3. The van der Waals surface area contributed by atoms with Crippen molar-refractivity contribution >= 4 is 5.97 Å². The minimum absolute atomic E-state index is 0.0466. The van der Waals surface area contributed by atoms with Crippen LogP contribution < -0.4 is 0 Å². The molecule has 1 heterocycles. The average molecular weight is 219 g/mol. The highest BCUT2D eigenvalue weighted by atomic mass is 16.5. The highest BCUT2D eigenvalue weighted by Gasteiger charge is 1.96. The number of aliphatic hydroxyl groups is 1. The summed E-state index contributed by atoms with van der Waals surface area (Å²) in [5, 5.41) is 8.90. The van der Waals surface area contributed by atoms with Crippen LogP contribution in [-0.4, -0.2) is 22.7 Å². The van der Waals surface area contributed by atoms with Crippen molar-refractivity contribution in [3.8, 4) is 11.8 Å². The SMILES string of the molecule is CCOC(=O)CC#Cc1cc(CO)ccn1. The molecule has 1 aromatic heterocycles. The van der Waals surface area contributed by atoms with Gasteiger partial charge in [0.25, 0.3) is 0 Å². The van der Waals surface area contributed by atoms with E-state index in [2.05, 4.69) is 16.8 Å². The summed E-state index contributed by atoms with van der Waals surface area (Å²) in [6, 6.07) is 3.38. The van der Waals surface area contributed by atoms with Crippen LogP contribution in [0.4, 0.5) is 0 Å². The third-order valence-electron chi connectivity index (χ3n) is 1.76. The molecule has 1 aromatic rings. The largest absolute Gasteiger partial charge is 0.465 e. The quantitative estimate of drug-likeness (QED) is 0.605. The fourth-order valence-electron chi connectivity index (χ4n) is 1.06. The maximum atomic E-state index is 11.0. The molecule has 0 aliphatic heterocycles. The van der Waals surface area contributed by atoms with Gasteiger partial charge in [-0.05, 0) is 30.5 Å². The van der Waals surface area contributed by atoms with Crippen LogP contribution in [0.3, 0.4) is 0 Å². The van der Waals surface area contributed by atoms with E-state index in [1.165, 1.54) is 0 Å². The average Bonchev–Trinajstić information content (AvgIpc) is 2.30. The molecule has 0 aliphatic carbocycles. The van der Waals surface area contributed by atoms with E-state index in [4.69, 9.17) is 9.84 Å². The molecule has 0 saturated carbocycles. The summed E-state index contributed by atoms with van der Waals surface area (Å²) < 4.78 is 4.72. The Morgan fingerprint density at radius 3 is 3.12 bits per heavy atom. The van der Waals surface area contributed by atoms with E-state index in [1.54, 1.807) is 25.3 Å². The first-order valence-electron chi connectivity index (χ1n) is 4.96. The normalized spacial score (nSPS) is 9.12. The maximum absolute atomic E-state index is 11.0. The third-order valence-corrected chi connectivity index (χ3v) is 1.76. The van der Waals surface area contributed by atoms with E-state index < -0.39 is 0 Å². The Labute approximate surface area is 94.3 Å². The molecule has 0 atom stereocenters. The minimum atomic E-state index is -0.340. The zero-order valence-electron chi connectivity index (χ0n) is 9.06. The van der Waals surface area contributed by atoms with Crippen LogP contribution in [0.5, 0.6) is 0 Å². The Hall–Kier alpha value is -1.86. The van der Waals surface area contributed by atoms with Gasteiger partial charge in [-0.1, -0.05) is 5.92 Å². The molecule has 4 heteroatoms. The first-order valence-corrected chi connectivity index (χ1v) is 4.96. The molecule has 0 saturated heterocycles. The van der Waals surface area contributed by atoms with Crippen LogP contribution >= 0.6 is 0 Å². The second kappa shape index (κ2) is 6.59. The van der Waals surface area contributed by atoms with E-state index in [0.717, 1.165) is 5.56 Å². The second-order valence-corrected chi connectivity index (χ2v) is 2.99. The molecular formula is C12H13NO3. The lowest BCUT2D eigenvalue weighted by Crippen LogP contribution is -2.01. The first-order chi connectivity index (χ1) is 7.76. The molecule has 84 valence electrons. The van der Waals surface area contributed by atoms with Crippen LogP contribution in [-0.2, 0) is 16.1 Å². The number of pyridine rings is 1. The molecule has 16 heavy (non-hydrogen) atoms. The zero-order valence-corrected chi connectivity index (χ0v) is 9.06. The van der Waals surface area contributed by atoms with E-state index in [-0.39, 0.29) is 19.0 Å². The molecule has 0 bridgehead atoms. The molecule has 1 N–H and O–H groups in total. The van der Waals surface area contributed by atoms with Crippen molar-refractivity contribution in [2.45, 2.75) is 20.0 Å². The van der Waals surface area contributed by atoms with Crippen molar-refractivity contribution in [3.05, 3.63) is 29.6 Å². The summed E-state index contributed by atoms with van der Waals surface area (Å²) in [6.45, 7) is 2.06. The van der Waals surface area contributed by atoms with Gasteiger partial charge in [-0.25, -0.2) is 4.98 Å². The molecule has 0 fully saturated rings. The second-order valence-electron chi connectivity index (χ2n) is 2.99. The van der Waals surface area contributed by atoms with Gasteiger partial charge in [-0.15, -0.1) is 0 Å². The zero-order chi connectivity index (χ0) is 11.8.